The summed E-state index contributed by atoms with van der Waals surface area (Å²) in [6.07, 6.45) is 0. The fraction of sp³-hybridized carbons (Fsp3) is 0.433. The summed E-state index contributed by atoms with van der Waals surface area (Å²) in [5.41, 5.74) is 2.03. The molecule has 4 rings (SSSR count). The van der Waals surface area contributed by atoms with Gasteiger partial charge in [-0.05, 0) is 44.2 Å². The van der Waals surface area contributed by atoms with Gasteiger partial charge in [-0.3, -0.25) is 14.6 Å². The van der Waals surface area contributed by atoms with Crippen molar-refractivity contribution in [1.29, 1.82) is 0 Å². The van der Waals surface area contributed by atoms with Gasteiger partial charge in [-0.1, -0.05) is 12.1 Å². The summed E-state index contributed by atoms with van der Waals surface area (Å²) in [6, 6.07) is 11.1. The third-order valence-electron chi connectivity index (χ3n) is 7.50. The predicted molar refractivity (Wildman–Crippen MR) is 152 cm³/mol. The number of ether oxygens (including phenoxy) is 4. The van der Waals surface area contributed by atoms with Crippen LogP contribution in [0.2, 0.25) is 0 Å². The number of methoxy groups -OCH3 is 3. The monoisotopic (exact) mass is 566 g/mol. The Kier molecular flexibility index (Phi) is 9.38. The van der Waals surface area contributed by atoms with Crippen LogP contribution in [0.5, 0.6) is 17.2 Å². The van der Waals surface area contributed by atoms with Gasteiger partial charge in [0.1, 0.15) is 5.75 Å². The van der Waals surface area contributed by atoms with Crippen molar-refractivity contribution in [2.75, 3.05) is 61.2 Å². The number of benzene rings is 2. The lowest BCUT2D eigenvalue weighted by Gasteiger charge is -2.42. The summed E-state index contributed by atoms with van der Waals surface area (Å²) in [4.78, 5) is 45.3. The highest BCUT2D eigenvalue weighted by molar-refractivity contribution is 5.96. The second-order valence-corrected chi connectivity index (χ2v) is 9.92. The maximum atomic E-state index is 13.4. The maximum Gasteiger partial charge on any atom is 0.338 e. The number of urea groups is 1. The summed E-state index contributed by atoms with van der Waals surface area (Å²) in [7, 11) is 6.27. The molecule has 1 saturated heterocycles. The molecule has 2 atom stereocenters. The number of hydrogen-bond acceptors (Lipinski definition) is 8. The van der Waals surface area contributed by atoms with Crippen molar-refractivity contribution in [1.82, 2.24) is 20.0 Å². The molecule has 1 fully saturated rings. The maximum absolute atomic E-state index is 13.4. The van der Waals surface area contributed by atoms with E-state index in [0.29, 0.717) is 65.8 Å². The molecule has 0 aliphatic carbocycles. The fourth-order valence-electron chi connectivity index (χ4n) is 5.36. The Morgan fingerprint density at radius 2 is 1.73 bits per heavy atom. The van der Waals surface area contributed by atoms with Gasteiger partial charge in [0.25, 0.3) is 5.91 Å². The van der Waals surface area contributed by atoms with E-state index in [-0.39, 0.29) is 24.6 Å². The third-order valence-corrected chi connectivity index (χ3v) is 7.50. The van der Waals surface area contributed by atoms with Crippen LogP contribution in [-0.4, -0.2) is 99.8 Å². The van der Waals surface area contributed by atoms with Crippen LogP contribution >= 0.6 is 0 Å². The van der Waals surface area contributed by atoms with Gasteiger partial charge in [-0.2, -0.15) is 0 Å². The van der Waals surface area contributed by atoms with Gasteiger partial charge in [0.2, 0.25) is 0 Å². The standard InChI is InChI=1S/C30H38N4O7/c1-7-41-29(36)25-23(32(3)30(37)31-26(25)22-9-8-10-24(39-5)27(22)40-6)18-33-15-16-34(19(2)17-33)28(35)20-11-13-21(38-4)14-12-20/h8-14,19,26H,7,15-18H2,1-6H3,(H,31,37)/t19-,26-/m0/s1. The lowest BCUT2D eigenvalue weighted by molar-refractivity contribution is -0.139. The molecule has 1 N–H and O–H groups in total. The van der Waals surface area contributed by atoms with Gasteiger partial charge in [-0.25, -0.2) is 9.59 Å². The van der Waals surface area contributed by atoms with E-state index in [1.54, 1.807) is 63.5 Å². The minimum Gasteiger partial charge on any atom is -0.497 e. The number of nitrogens with zero attached hydrogens (tertiary/aromatic N) is 3. The first-order chi connectivity index (χ1) is 19.7. The highest BCUT2D eigenvalue weighted by atomic mass is 16.5. The van der Waals surface area contributed by atoms with Crippen molar-refractivity contribution in [3.05, 3.63) is 64.9 Å². The topological polar surface area (TPSA) is 110 Å². The van der Waals surface area contributed by atoms with Crippen LogP contribution in [0.3, 0.4) is 0 Å². The van der Waals surface area contributed by atoms with Crippen molar-refractivity contribution < 1.29 is 33.3 Å². The van der Waals surface area contributed by atoms with Crippen molar-refractivity contribution in [3.8, 4) is 17.2 Å². The fourth-order valence-corrected chi connectivity index (χ4v) is 5.36. The Balaban J connectivity index is 1.63. The van der Waals surface area contributed by atoms with E-state index in [2.05, 4.69) is 10.2 Å². The molecule has 0 bridgehead atoms. The molecule has 0 aromatic heterocycles. The third kappa shape index (κ3) is 6.09. The van der Waals surface area contributed by atoms with Crippen LogP contribution in [0.25, 0.3) is 0 Å². The van der Waals surface area contributed by atoms with E-state index < -0.39 is 12.0 Å². The van der Waals surface area contributed by atoms with Crippen LogP contribution < -0.4 is 19.5 Å². The van der Waals surface area contributed by atoms with Crippen LogP contribution in [0.4, 0.5) is 4.79 Å². The molecule has 0 saturated carbocycles. The van der Waals surface area contributed by atoms with Gasteiger partial charge in [0, 0.05) is 56.1 Å². The molecule has 11 nitrogen and oxygen atoms in total. The van der Waals surface area contributed by atoms with Crippen LogP contribution in [0, 0.1) is 0 Å². The molecule has 11 heteroatoms. The number of piperazine rings is 1. The van der Waals surface area contributed by atoms with E-state index in [0.717, 1.165) is 0 Å². The average molecular weight is 567 g/mol. The number of rotatable bonds is 9. The Hall–Kier alpha value is -4.25. The first-order valence-electron chi connectivity index (χ1n) is 13.6. The van der Waals surface area contributed by atoms with Gasteiger partial charge in [-0.15, -0.1) is 0 Å². The van der Waals surface area contributed by atoms with E-state index in [4.69, 9.17) is 18.9 Å². The molecule has 2 aliphatic heterocycles. The molecule has 2 aromatic rings. The number of nitrogens with one attached hydrogen (secondary N) is 1. The minimum absolute atomic E-state index is 0.0504. The van der Waals surface area contributed by atoms with Crippen molar-refractivity contribution in [3.63, 3.8) is 0 Å². The lowest BCUT2D eigenvalue weighted by atomic mass is 9.93. The van der Waals surface area contributed by atoms with E-state index in [1.165, 1.54) is 19.1 Å². The highest BCUT2D eigenvalue weighted by Crippen LogP contribution is 2.40. The van der Waals surface area contributed by atoms with Gasteiger partial charge in [0.05, 0.1) is 39.6 Å². The molecule has 220 valence electrons. The zero-order valence-corrected chi connectivity index (χ0v) is 24.4. The molecular formula is C30H38N4O7. The lowest BCUT2D eigenvalue weighted by Crippen LogP contribution is -2.56. The van der Waals surface area contributed by atoms with Crippen molar-refractivity contribution >= 4 is 17.9 Å². The zero-order chi connectivity index (χ0) is 29.7. The van der Waals surface area contributed by atoms with E-state index in [9.17, 15) is 14.4 Å². The molecule has 0 unspecified atom stereocenters. The molecule has 2 heterocycles. The normalized spacial score (nSPS) is 19.5. The number of amides is 3. The largest absolute Gasteiger partial charge is 0.497 e. The van der Waals surface area contributed by atoms with Gasteiger partial charge in [0.15, 0.2) is 11.5 Å². The smallest absolute Gasteiger partial charge is 0.338 e. The molecule has 2 aromatic carbocycles. The molecule has 2 aliphatic rings. The second kappa shape index (κ2) is 12.9. The van der Waals surface area contributed by atoms with E-state index >= 15 is 0 Å². The SMILES string of the molecule is CCOC(=O)C1=C(CN2CCN(C(=O)c3ccc(OC)cc3)[C@@H](C)C2)N(C)C(=O)N[C@H]1c1cccc(OC)c1OC. The molecule has 0 radical (unpaired) electrons. The summed E-state index contributed by atoms with van der Waals surface area (Å²) in [5, 5.41) is 2.93. The number of likely N-dealkylation sites (N-methyl/N-ethyl adjacent to an activating group) is 1. The summed E-state index contributed by atoms with van der Waals surface area (Å²) >= 11 is 0. The Morgan fingerprint density at radius 3 is 2.34 bits per heavy atom. The Morgan fingerprint density at radius 1 is 1.00 bits per heavy atom. The van der Waals surface area contributed by atoms with Gasteiger partial charge >= 0.3 is 12.0 Å². The zero-order valence-electron chi connectivity index (χ0n) is 24.4. The van der Waals surface area contributed by atoms with Crippen LogP contribution in [0.15, 0.2) is 53.7 Å². The number of hydrogen-bond donors (Lipinski definition) is 1. The van der Waals surface area contributed by atoms with Crippen molar-refractivity contribution in [2.24, 2.45) is 0 Å². The average Bonchev–Trinajstić information content (AvgIpc) is 2.98. The number of carbonyl (C=O) groups is 3. The summed E-state index contributed by atoms with van der Waals surface area (Å²) in [5.74, 6) is 1.02. The quantitative estimate of drug-likeness (QED) is 0.462. The summed E-state index contributed by atoms with van der Waals surface area (Å²) < 4.78 is 21.8. The predicted octanol–water partition coefficient (Wildman–Crippen LogP) is 3.07. The summed E-state index contributed by atoms with van der Waals surface area (Å²) in [6.45, 7) is 5.85. The molecular weight excluding hydrogens is 528 g/mol. The van der Waals surface area contributed by atoms with Gasteiger partial charge < -0.3 is 29.2 Å². The molecule has 3 amide bonds. The minimum atomic E-state index is -0.812. The number of para-hydroxylation sites is 1. The first kappa shape index (κ1) is 29.7. The Labute approximate surface area is 240 Å². The number of carbonyl (C=O) groups excluding carboxylic acids is 3. The molecule has 0 spiro atoms. The number of esters is 1. The van der Waals surface area contributed by atoms with Crippen molar-refractivity contribution in [2.45, 2.75) is 25.9 Å². The first-order valence-corrected chi connectivity index (χ1v) is 13.6. The molecule has 41 heavy (non-hydrogen) atoms. The van der Waals surface area contributed by atoms with E-state index in [1.807, 2.05) is 11.8 Å². The second-order valence-electron chi connectivity index (χ2n) is 9.92. The van der Waals surface area contributed by atoms with Crippen LogP contribution in [0.1, 0.15) is 35.8 Å². The Bertz CT molecular complexity index is 1310. The highest BCUT2D eigenvalue weighted by Gasteiger charge is 2.40. The van der Waals surface area contributed by atoms with Crippen LogP contribution in [-0.2, 0) is 9.53 Å².